The first-order valence-corrected chi connectivity index (χ1v) is 10.6. The van der Waals surface area contributed by atoms with Gasteiger partial charge in [-0.3, -0.25) is 14.3 Å². The Morgan fingerprint density at radius 2 is 2.00 bits per heavy atom. The van der Waals surface area contributed by atoms with Crippen molar-refractivity contribution in [3.8, 4) is 5.75 Å². The number of hydrogen-bond acceptors (Lipinski definition) is 6. The summed E-state index contributed by atoms with van der Waals surface area (Å²) in [5.74, 6) is 0.716. The molecule has 1 aromatic carbocycles. The molecule has 2 aromatic heterocycles. The summed E-state index contributed by atoms with van der Waals surface area (Å²) in [6.07, 6.45) is 5.83. The fourth-order valence-corrected chi connectivity index (χ4v) is 3.98. The molecule has 0 bridgehead atoms. The van der Waals surface area contributed by atoms with Crippen molar-refractivity contribution >= 4 is 17.5 Å². The third-order valence-electron chi connectivity index (χ3n) is 5.70. The molecule has 0 aliphatic carbocycles. The highest BCUT2D eigenvalue weighted by Gasteiger charge is 2.32. The lowest BCUT2D eigenvalue weighted by atomic mass is 10.0. The monoisotopic (exact) mass is 434 g/mol. The van der Waals surface area contributed by atoms with Crippen LogP contribution in [-0.2, 0) is 7.05 Å². The minimum atomic E-state index is -0.315. The van der Waals surface area contributed by atoms with Crippen LogP contribution < -0.4 is 10.1 Å². The van der Waals surface area contributed by atoms with Gasteiger partial charge in [-0.15, -0.1) is 0 Å². The molecule has 1 N–H and O–H groups in total. The van der Waals surface area contributed by atoms with Crippen LogP contribution in [0.15, 0.2) is 42.7 Å². The summed E-state index contributed by atoms with van der Waals surface area (Å²) in [5, 5.41) is 6.96. The minimum Gasteiger partial charge on any atom is -0.495 e. The fourth-order valence-electron chi connectivity index (χ4n) is 3.98. The van der Waals surface area contributed by atoms with Gasteiger partial charge < -0.3 is 15.0 Å². The zero-order valence-corrected chi connectivity index (χ0v) is 18.4. The van der Waals surface area contributed by atoms with E-state index in [1.54, 1.807) is 50.2 Å². The second-order valence-corrected chi connectivity index (χ2v) is 7.73. The van der Waals surface area contributed by atoms with E-state index in [1.165, 1.54) is 6.20 Å². The molecular weight excluding hydrogens is 408 g/mol. The smallest absolute Gasteiger partial charge is 0.272 e. The van der Waals surface area contributed by atoms with E-state index in [0.29, 0.717) is 40.8 Å². The zero-order valence-electron chi connectivity index (χ0n) is 18.4. The predicted octanol–water partition coefficient (Wildman–Crippen LogP) is 3.15. The number of ether oxygens (including phenoxy) is 1. The Hall–Kier alpha value is -3.75. The maximum atomic E-state index is 13.1. The minimum absolute atomic E-state index is 0.0889. The van der Waals surface area contributed by atoms with Gasteiger partial charge in [0, 0.05) is 26.0 Å². The standard InChI is InChI=1S/C23H26N6O3/c1-15-16(22(30)27-17-8-4-5-10-20(17)32-3)14-24-21(26-15)18-9-6-7-13-29(18)23(31)19-11-12-25-28(19)2/h4-5,8,10-12,14,18H,6-7,9,13H2,1-3H3,(H,27,30). The van der Waals surface area contributed by atoms with Crippen molar-refractivity contribution in [3.63, 3.8) is 0 Å². The number of carbonyl (C=O) groups is 2. The molecule has 9 nitrogen and oxygen atoms in total. The molecule has 166 valence electrons. The molecule has 1 fully saturated rings. The number of likely N-dealkylation sites (tertiary alicyclic amines) is 1. The Morgan fingerprint density at radius 1 is 1.19 bits per heavy atom. The first-order chi connectivity index (χ1) is 15.5. The molecule has 0 saturated carbocycles. The Balaban J connectivity index is 1.57. The number of rotatable bonds is 5. The third-order valence-corrected chi connectivity index (χ3v) is 5.70. The number of methoxy groups -OCH3 is 1. The summed E-state index contributed by atoms with van der Waals surface area (Å²) in [7, 11) is 3.30. The number of benzene rings is 1. The number of aromatic nitrogens is 4. The van der Waals surface area contributed by atoms with E-state index < -0.39 is 0 Å². The number of anilines is 1. The number of piperidine rings is 1. The van der Waals surface area contributed by atoms with Gasteiger partial charge in [0.25, 0.3) is 11.8 Å². The summed E-state index contributed by atoms with van der Waals surface area (Å²) < 4.78 is 6.87. The molecule has 1 aliphatic rings. The molecular formula is C23H26N6O3. The van der Waals surface area contributed by atoms with Gasteiger partial charge in [0.1, 0.15) is 11.4 Å². The van der Waals surface area contributed by atoms with Gasteiger partial charge in [0.15, 0.2) is 5.82 Å². The van der Waals surface area contributed by atoms with Crippen molar-refractivity contribution in [2.24, 2.45) is 7.05 Å². The average molecular weight is 435 g/mol. The van der Waals surface area contributed by atoms with Crippen LogP contribution in [0.2, 0.25) is 0 Å². The highest BCUT2D eigenvalue weighted by molar-refractivity contribution is 6.05. The molecule has 1 aliphatic heterocycles. The Kier molecular flexibility index (Phi) is 6.16. The van der Waals surface area contributed by atoms with Gasteiger partial charge in [-0.25, -0.2) is 9.97 Å². The van der Waals surface area contributed by atoms with E-state index in [4.69, 9.17) is 4.74 Å². The van der Waals surface area contributed by atoms with Gasteiger partial charge in [-0.1, -0.05) is 12.1 Å². The molecule has 1 atom stereocenters. The van der Waals surface area contributed by atoms with Crippen LogP contribution in [0.3, 0.4) is 0 Å². The molecule has 0 spiro atoms. The highest BCUT2D eigenvalue weighted by Crippen LogP contribution is 2.31. The average Bonchev–Trinajstić information content (AvgIpc) is 3.24. The van der Waals surface area contributed by atoms with E-state index in [0.717, 1.165) is 19.3 Å². The van der Waals surface area contributed by atoms with Crippen LogP contribution >= 0.6 is 0 Å². The lowest BCUT2D eigenvalue weighted by molar-refractivity contribution is 0.0587. The van der Waals surface area contributed by atoms with E-state index >= 15 is 0 Å². The van der Waals surface area contributed by atoms with E-state index in [9.17, 15) is 9.59 Å². The summed E-state index contributed by atoms with van der Waals surface area (Å²) in [6, 6.07) is 8.67. The molecule has 3 heterocycles. The van der Waals surface area contributed by atoms with Gasteiger partial charge in [-0.05, 0) is 44.4 Å². The lowest BCUT2D eigenvalue weighted by Crippen LogP contribution is -2.40. The van der Waals surface area contributed by atoms with Gasteiger partial charge in [0.05, 0.1) is 30.1 Å². The molecule has 9 heteroatoms. The van der Waals surface area contributed by atoms with Crippen LogP contribution in [-0.4, -0.2) is 50.1 Å². The SMILES string of the molecule is COc1ccccc1NC(=O)c1cnc(C2CCCCN2C(=O)c2ccnn2C)nc1C. The number of nitrogens with one attached hydrogen (secondary N) is 1. The lowest BCUT2D eigenvalue weighted by Gasteiger charge is -2.34. The molecule has 1 unspecified atom stereocenters. The summed E-state index contributed by atoms with van der Waals surface area (Å²) in [6.45, 7) is 2.41. The first-order valence-electron chi connectivity index (χ1n) is 10.6. The normalized spacial score (nSPS) is 16.0. The van der Waals surface area contributed by atoms with Crippen LogP contribution in [0, 0.1) is 6.92 Å². The second-order valence-electron chi connectivity index (χ2n) is 7.73. The number of amides is 2. The maximum Gasteiger partial charge on any atom is 0.272 e. The quantitative estimate of drug-likeness (QED) is 0.662. The molecule has 0 radical (unpaired) electrons. The van der Waals surface area contributed by atoms with Crippen LogP contribution in [0.25, 0.3) is 0 Å². The predicted molar refractivity (Wildman–Crippen MR) is 119 cm³/mol. The largest absolute Gasteiger partial charge is 0.495 e. The van der Waals surface area contributed by atoms with Crippen LogP contribution in [0.1, 0.15) is 57.7 Å². The summed E-state index contributed by atoms with van der Waals surface area (Å²) >= 11 is 0. The van der Waals surface area contributed by atoms with E-state index in [-0.39, 0.29) is 17.9 Å². The van der Waals surface area contributed by atoms with Crippen molar-refractivity contribution < 1.29 is 14.3 Å². The number of para-hydroxylation sites is 2. The Labute approximate surface area is 186 Å². The van der Waals surface area contributed by atoms with Crippen molar-refractivity contribution in [2.45, 2.75) is 32.2 Å². The Bertz CT molecular complexity index is 1140. The summed E-state index contributed by atoms with van der Waals surface area (Å²) in [5.41, 5.74) is 2.03. The zero-order chi connectivity index (χ0) is 22.7. The number of hydrogen-bond donors (Lipinski definition) is 1. The Morgan fingerprint density at radius 3 is 2.72 bits per heavy atom. The van der Waals surface area contributed by atoms with Gasteiger partial charge in [0.2, 0.25) is 0 Å². The van der Waals surface area contributed by atoms with E-state index in [1.807, 2.05) is 17.0 Å². The van der Waals surface area contributed by atoms with Gasteiger partial charge >= 0.3 is 0 Å². The van der Waals surface area contributed by atoms with Crippen molar-refractivity contribution in [3.05, 3.63) is 65.5 Å². The third kappa shape index (κ3) is 4.18. The second kappa shape index (κ2) is 9.17. The number of nitrogens with zero attached hydrogens (tertiary/aromatic N) is 5. The molecule has 3 aromatic rings. The molecule has 32 heavy (non-hydrogen) atoms. The van der Waals surface area contributed by atoms with Crippen molar-refractivity contribution in [1.82, 2.24) is 24.6 Å². The van der Waals surface area contributed by atoms with E-state index in [2.05, 4.69) is 20.4 Å². The molecule has 4 rings (SSSR count). The highest BCUT2D eigenvalue weighted by atomic mass is 16.5. The maximum absolute atomic E-state index is 13.1. The van der Waals surface area contributed by atoms with Crippen molar-refractivity contribution in [1.29, 1.82) is 0 Å². The summed E-state index contributed by atoms with van der Waals surface area (Å²) in [4.78, 5) is 36.9. The first kappa shape index (κ1) is 21.5. The fraction of sp³-hybridized carbons (Fsp3) is 0.348. The van der Waals surface area contributed by atoms with Gasteiger partial charge in [-0.2, -0.15) is 5.10 Å². The number of aryl methyl sites for hydroxylation is 2. The topological polar surface area (TPSA) is 102 Å². The van der Waals surface area contributed by atoms with Crippen molar-refractivity contribution in [2.75, 3.05) is 19.0 Å². The number of carbonyl (C=O) groups excluding carboxylic acids is 2. The molecule has 1 saturated heterocycles. The molecule has 2 amide bonds. The van der Waals surface area contributed by atoms with Crippen LogP contribution in [0.4, 0.5) is 5.69 Å². The van der Waals surface area contributed by atoms with Crippen LogP contribution in [0.5, 0.6) is 5.75 Å².